The number of methoxy groups -OCH3 is 1. The van der Waals surface area contributed by atoms with Gasteiger partial charge in [-0.3, -0.25) is 0 Å². The number of hydrogen-bond donors (Lipinski definition) is 1. The number of para-hydroxylation sites is 2. The number of nitrogens with one attached hydrogen (secondary N) is 1. The number of aromatic nitrogens is 2. The monoisotopic (exact) mass is 538 g/mol. The lowest BCUT2D eigenvalue weighted by molar-refractivity contribution is 0.410. The molecule has 0 aliphatic carbocycles. The first-order valence-corrected chi connectivity index (χ1v) is 14.5. The zero-order valence-corrected chi connectivity index (χ0v) is 22.0. The van der Waals surface area contributed by atoms with E-state index in [0.717, 1.165) is 22.5 Å². The van der Waals surface area contributed by atoms with Crippen LogP contribution >= 0.6 is 11.6 Å². The first-order valence-electron chi connectivity index (χ1n) is 11.0. The normalized spacial score (nSPS) is 14.4. The number of benzene rings is 2. The standard InChI is InChI=1S/C23H27ClN4O5S2/c1-16(2)35(31,32)25-12-13-34(29,30)27-14-19-20(15-27)26-28(21-6-4-5-7-22(21)33-3)23(19)17-8-10-18(24)11-9-17/h4-11,16,25H,12-15H2,1-3H3. The molecule has 1 aliphatic heterocycles. The fourth-order valence-corrected chi connectivity index (χ4v) is 6.11. The van der Waals surface area contributed by atoms with E-state index in [1.54, 1.807) is 23.9 Å². The van der Waals surface area contributed by atoms with Crippen LogP contribution in [0.2, 0.25) is 5.02 Å². The maximum Gasteiger partial charge on any atom is 0.216 e. The lowest BCUT2D eigenvalue weighted by Crippen LogP contribution is -2.37. The van der Waals surface area contributed by atoms with Crippen LogP contribution in [-0.2, 0) is 33.1 Å². The molecule has 0 fully saturated rings. The Balaban J connectivity index is 1.67. The summed E-state index contributed by atoms with van der Waals surface area (Å²) in [5.41, 5.74) is 3.72. The molecule has 2 heterocycles. The molecule has 0 unspecified atom stereocenters. The molecule has 2 aromatic carbocycles. The van der Waals surface area contributed by atoms with Crippen molar-refractivity contribution in [1.82, 2.24) is 18.8 Å². The molecule has 12 heteroatoms. The molecule has 1 aliphatic rings. The van der Waals surface area contributed by atoms with Crippen molar-refractivity contribution in [3.05, 3.63) is 64.8 Å². The first kappa shape index (κ1) is 25.6. The number of halogens is 1. The molecule has 1 N–H and O–H groups in total. The summed E-state index contributed by atoms with van der Waals surface area (Å²) in [7, 11) is -5.69. The van der Waals surface area contributed by atoms with Crippen LogP contribution in [0.25, 0.3) is 16.9 Å². The van der Waals surface area contributed by atoms with Crippen LogP contribution in [0.1, 0.15) is 25.1 Å². The van der Waals surface area contributed by atoms with Crippen molar-refractivity contribution in [1.29, 1.82) is 0 Å². The summed E-state index contributed by atoms with van der Waals surface area (Å²) >= 11 is 6.10. The third kappa shape index (κ3) is 5.24. The molecule has 0 saturated carbocycles. The summed E-state index contributed by atoms with van der Waals surface area (Å²) in [6.07, 6.45) is 0. The third-order valence-corrected chi connectivity index (χ3v) is 9.70. The van der Waals surface area contributed by atoms with Gasteiger partial charge in [-0.1, -0.05) is 35.9 Å². The summed E-state index contributed by atoms with van der Waals surface area (Å²) in [5, 5.41) is 4.71. The van der Waals surface area contributed by atoms with Gasteiger partial charge in [0.2, 0.25) is 20.0 Å². The minimum absolute atomic E-state index is 0.0946. The maximum atomic E-state index is 13.0. The molecule has 0 atom stereocenters. The van der Waals surface area contributed by atoms with Gasteiger partial charge in [-0.2, -0.15) is 9.40 Å². The summed E-state index contributed by atoms with van der Waals surface area (Å²) in [4.78, 5) is 0. The molecule has 4 rings (SSSR count). The molecule has 0 spiro atoms. The van der Waals surface area contributed by atoms with Crippen molar-refractivity contribution in [3.8, 4) is 22.7 Å². The van der Waals surface area contributed by atoms with Crippen LogP contribution in [0, 0.1) is 0 Å². The van der Waals surface area contributed by atoms with E-state index in [1.165, 1.54) is 18.2 Å². The predicted molar refractivity (Wildman–Crippen MR) is 136 cm³/mol. The van der Waals surface area contributed by atoms with Crippen molar-refractivity contribution in [2.75, 3.05) is 19.4 Å². The summed E-state index contributed by atoms with van der Waals surface area (Å²) in [5.74, 6) is 0.289. The van der Waals surface area contributed by atoms with Crippen molar-refractivity contribution in [2.45, 2.75) is 32.2 Å². The Bertz CT molecular complexity index is 1440. The SMILES string of the molecule is COc1ccccc1-n1nc2c(c1-c1ccc(Cl)cc1)CN(S(=O)(=O)CCNS(=O)(=O)C(C)C)C2. The molecule has 0 bridgehead atoms. The average Bonchev–Trinajstić information content (AvgIpc) is 3.38. The van der Waals surface area contributed by atoms with E-state index in [9.17, 15) is 16.8 Å². The second-order valence-corrected chi connectivity index (χ2v) is 13.3. The van der Waals surface area contributed by atoms with Gasteiger partial charge in [-0.15, -0.1) is 0 Å². The highest BCUT2D eigenvalue weighted by Crippen LogP contribution is 2.37. The Morgan fingerprint density at radius 2 is 1.74 bits per heavy atom. The molecular weight excluding hydrogens is 512 g/mol. The lowest BCUT2D eigenvalue weighted by Gasteiger charge is -2.18. The molecule has 1 aromatic heterocycles. The first-order chi connectivity index (χ1) is 16.5. The fraction of sp³-hybridized carbons (Fsp3) is 0.348. The van der Waals surface area contributed by atoms with E-state index >= 15 is 0 Å². The predicted octanol–water partition coefficient (Wildman–Crippen LogP) is 3.17. The average molecular weight is 539 g/mol. The zero-order chi connectivity index (χ0) is 25.4. The summed E-state index contributed by atoms with van der Waals surface area (Å²) < 4.78 is 61.0. The Hall–Kier alpha value is -2.44. The number of nitrogens with zero attached hydrogens (tertiary/aromatic N) is 3. The van der Waals surface area contributed by atoms with E-state index in [0.29, 0.717) is 16.5 Å². The van der Waals surface area contributed by atoms with E-state index in [4.69, 9.17) is 21.4 Å². The van der Waals surface area contributed by atoms with E-state index in [2.05, 4.69) is 4.72 Å². The number of rotatable bonds is 9. The minimum Gasteiger partial charge on any atom is -0.494 e. The minimum atomic E-state index is -3.73. The maximum absolute atomic E-state index is 13.0. The van der Waals surface area contributed by atoms with Gasteiger partial charge >= 0.3 is 0 Å². The van der Waals surface area contributed by atoms with Gasteiger partial charge in [-0.25, -0.2) is 26.2 Å². The number of sulfonamides is 2. The quantitative estimate of drug-likeness (QED) is 0.448. The van der Waals surface area contributed by atoms with Crippen LogP contribution in [0.4, 0.5) is 0 Å². The highest BCUT2D eigenvalue weighted by molar-refractivity contribution is 7.90. The fourth-order valence-electron chi connectivity index (χ4n) is 3.88. The number of ether oxygens (including phenoxy) is 1. The van der Waals surface area contributed by atoms with Crippen LogP contribution in [0.3, 0.4) is 0 Å². The molecule has 35 heavy (non-hydrogen) atoms. The Kier molecular flexibility index (Phi) is 7.26. The van der Waals surface area contributed by atoms with Gasteiger partial charge in [-0.05, 0) is 38.1 Å². The lowest BCUT2D eigenvalue weighted by atomic mass is 10.1. The van der Waals surface area contributed by atoms with Gasteiger partial charge < -0.3 is 4.74 Å². The zero-order valence-electron chi connectivity index (χ0n) is 19.6. The van der Waals surface area contributed by atoms with Gasteiger partial charge in [0.15, 0.2) is 0 Å². The largest absolute Gasteiger partial charge is 0.494 e. The molecule has 0 amide bonds. The Morgan fingerprint density at radius 3 is 2.40 bits per heavy atom. The van der Waals surface area contributed by atoms with Crippen molar-refractivity contribution < 1.29 is 21.6 Å². The summed E-state index contributed by atoms with van der Waals surface area (Å²) in [6, 6.07) is 14.7. The second-order valence-electron chi connectivity index (χ2n) is 8.44. The molecule has 188 valence electrons. The van der Waals surface area contributed by atoms with Crippen molar-refractivity contribution in [3.63, 3.8) is 0 Å². The Morgan fingerprint density at radius 1 is 1.06 bits per heavy atom. The van der Waals surface area contributed by atoms with Crippen LogP contribution in [-0.4, -0.2) is 55.6 Å². The molecule has 0 saturated heterocycles. The van der Waals surface area contributed by atoms with Crippen molar-refractivity contribution in [2.24, 2.45) is 0 Å². The molecule has 0 radical (unpaired) electrons. The van der Waals surface area contributed by atoms with Crippen LogP contribution < -0.4 is 9.46 Å². The van der Waals surface area contributed by atoms with E-state index in [-0.39, 0.29) is 25.4 Å². The van der Waals surface area contributed by atoms with Gasteiger partial charge in [0.1, 0.15) is 11.4 Å². The van der Waals surface area contributed by atoms with E-state index < -0.39 is 25.3 Å². The molecule has 3 aromatic rings. The van der Waals surface area contributed by atoms with Gasteiger partial charge in [0.25, 0.3) is 0 Å². The highest BCUT2D eigenvalue weighted by Gasteiger charge is 2.35. The van der Waals surface area contributed by atoms with Crippen LogP contribution in [0.15, 0.2) is 48.5 Å². The van der Waals surface area contributed by atoms with E-state index in [1.807, 2.05) is 36.4 Å². The van der Waals surface area contributed by atoms with Crippen LogP contribution in [0.5, 0.6) is 5.75 Å². The summed E-state index contributed by atoms with van der Waals surface area (Å²) in [6.45, 7) is 3.10. The Labute approximate surface area is 210 Å². The highest BCUT2D eigenvalue weighted by atomic mass is 35.5. The smallest absolute Gasteiger partial charge is 0.216 e. The number of fused-ring (bicyclic) bond motifs is 1. The van der Waals surface area contributed by atoms with Crippen molar-refractivity contribution >= 4 is 31.6 Å². The van der Waals surface area contributed by atoms with Gasteiger partial charge in [0, 0.05) is 29.2 Å². The number of hydrogen-bond acceptors (Lipinski definition) is 6. The molecular formula is C23H27ClN4O5S2. The molecule has 9 nitrogen and oxygen atoms in total. The second kappa shape index (κ2) is 9.90. The third-order valence-electron chi connectivity index (χ3n) is 5.84. The topological polar surface area (TPSA) is 111 Å². The van der Waals surface area contributed by atoms with Gasteiger partial charge in [0.05, 0.1) is 36.0 Å².